The standard InChI is InChI=1S/C18H20N2O2/c1-13-11-17(22-2)19-12-15(13)16-9-6-10-20(16)18(21)14-7-4-3-5-8-14/h3-5,7-8,11-12,16H,6,9-10H2,1-2H3/t16-/m0/s1. The first-order valence-electron chi connectivity index (χ1n) is 7.57. The molecule has 1 saturated heterocycles. The second kappa shape index (κ2) is 6.18. The van der Waals surface area contributed by atoms with E-state index in [-0.39, 0.29) is 11.9 Å². The van der Waals surface area contributed by atoms with E-state index in [2.05, 4.69) is 4.98 Å². The third kappa shape index (κ3) is 2.69. The number of hydrogen-bond donors (Lipinski definition) is 0. The van der Waals surface area contributed by atoms with E-state index in [0.717, 1.165) is 36.1 Å². The number of aromatic nitrogens is 1. The lowest BCUT2D eigenvalue weighted by atomic mass is 10.0. The zero-order valence-electron chi connectivity index (χ0n) is 13.0. The number of carbonyl (C=O) groups is 1. The van der Waals surface area contributed by atoms with E-state index in [1.54, 1.807) is 7.11 Å². The van der Waals surface area contributed by atoms with Crippen molar-refractivity contribution in [2.75, 3.05) is 13.7 Å². The first-order valence-corrected chi connectivity index (χ1v) is 7.57. The van der Waals surface area contributed by atoms with Crippen molar-refractivity contribution in [3.63, 3.8) is 0 Å². The second-order valence-electron chi connectivity index (χ2n) is 5.61. The lowest BCUT2D eigenvalue weighted by molar-refractivity contribution is 0.0735. The fourth-order valence-electron chi connectivity index (χ4n) is 3.08. The van der Waals surface area contributed by atoms with Crippen LogP contribution in [0.15, 0.2) is 42.6 Å². The van der Waals surface area contributed by atoms with Crippen LogP contribution in [-0.2, 0) is 0 Å². The summed E-state index contributed by atoms with van der Waals surface area (Å²) >= 11 is 0. The van der Waals surface area contributed by atoms with Crippen LogP contribution in [-0.4, -0.2) is 29.4 Å². The predicted molar refractivity (Wildman–Crippen MR) is 85.0 cm³/mol. The highest BCUT2D eigenvalue weighted by molar-refractivity contribution is 5.94. The third-order valence-corrected chi connectivity index (χ3v) is 4.23. The number of carbonyl (C=O) groups excluding carboxylic acids is 1. The molecule has 1 aliphatic rings. The van der Waals surface area contributed by atoms with Gasteiger partial charge in [-0.05, 0) is 43.0 Å². The molecule has 2 aromatic rings. The van der Waals surface area contributed by atoms with Gasteiger partial charge in [0.25, 0.3) is 5.91 Å². The number of likely N-dealkylation sites (tertiary alicyclic amines) is 1. The number of nitrogens with zero attached hydrogens (tertiary/aromatic N) is 2. The molecule has 22 heavy (non-hydrogen) atoms. The summed E-state index contributed by atoms with van der Waals surface area (Å²) in [6, 6.07) is 11.5. The smallest absolute Gasteiger partial charge is 0.254 e. The van der Waals surface area contributed by atoms with Gasteiger partial charge in [-0.1, -0.05) is 18.2 Å². The van der Waals surface area contributed by atoms with Gasteiger partial charge in [0.2, 0.25) is 5.88 Å². The molecule has 2 heterocycles. The highest BCUT2D eigenvalue weighted by Gasteiger charge is 2.31. The summed E-state index contributed by atoms with van der Waals surface area (Å²) in [6.07, 6.45) is 3.84. The molecule has 1 aliphatic heterocycles. The van der Waals surface area contributed by atoms with Gasteiger partial charge in [0, 0.05) is 24.4 Å². The van der Waals surface area contributed by atoms with E-state index < -0.39 is 0 Å². The number of pyridine rings is 1. The largest absolute Gasteiger partial charge is 0.481 e. The van der Waals surface area contributed by atoms with Gasteiger partial charge >= 0.3 is 0 Å². The number of hydrogen-bond acceptors (Lipinski definition) is 3. The number of amides is 1. The third-order valence-electron chi connectivity index (χ3n) is 4.23. The van der Waals surface area contributed by atoms with Gasteiger partial charge in [0.15, 0.2) is 0 Å². The summed E-state index contributed by atoms with van der Waals surface area (Å²) in [4.78, 5) is 19.0. The minimum Gasteiger partial charge on any atom is -0.481 e. The van der Waals surface area contributed by atoms with Crippen LogP contribution >= 0.6 is 0 Å². The molecule has 1 amide bonds. The van der Waals surface area contributed by atoms with Gasteiger partial charge in [-0.25, -0.2) is 4.98 Å². The second-order valence-corrected chi connectivity index (χ2v) is 5.61. The van der Waals surface area contributed by atoms with E-state index in [1.807, 2.05) is 54.4 Å². The highest BCUT2D eigenvalue weighted by Crippen LogP contribution is 2.35. The Balaban J connectivity index is 1.89. The van der Waals surface area contributed by atoms with Crippen molar-refractivity contribution >= 4 is 5.91 Å². The fourth-order valence-corrected chi connectivity index (χ4v) is 3.08. The van der Waals surface area contributed by atoms with Crippen LogP contribution in [0.2, 0.25) is 0 Å². The molecule has 0 aliphatic carbocycles. The zero-order chi connectivity index (χ0) is 15.5. The molecule has 1 aromatic heterocycles. The Kier molecular flexibility index (Phi) is 4.09. The minimum atomic E-state index is 0.0957. The quantitative estimate of drug-likeness (QED) is 0.872. The molecule has 0 bridgehead atoms. The Bertz CT molecular complexity index is 670. The Morgan fingerprint density at radius 3 is 2.77 bits per heavy atom. The average molecular weight is 296 g/mol. The molecule has 4 heteroatoms. The van der Waals surface area contributed by atoms with Gasteiger partial charge in [-0.3, -0.25) is 4.79 Å². The van der Waals surface area contributed by atoms with E-state index in [9.17, 15) is 4.79 Å². The number of benzene rings is 1. The maximum Gasteiger partial charge on any atom is 0.254 e. The van der Waals surface area contributed by atoms with E-state index in [1.165, 1.54) is 0 Å². The van der Waals surface area contributed by atoms with Gasteiger partial charge in [-0.2, -0.15) is 0 Å². The van der Waals surface area contributed by atoms with Crippen LogP contribution < -0.4 is 4.74 Å². The van der Waals surface area contributed by atoms with Crippen LogP contribution in [0.4, 0.5) is 0 Å². The maximum absolute atomic E-state index is 12.7. The molecule has 0 spiro atoms. The van der Waals surface area contributed by atoms with Gasteiger partial charge in [0.05, 0.1) is 13.2 Å². The Morgan fingerprint density at radius 2 is 2.09 bits per heavy atom. The van der Waals surface area contributed by atoms with Crippen molar-refractivity contribution in [1.29, 1.82) is 0 Å². The van der Waals surface area contributed by atoms with Crippen LogP contribution in [0.5, 0.6) is 5.88 Å². The summed E-state index contributed by atoms with van der Waals surface area (Å²) in [5, 5.41) is 0. The first-order chi connectivity index (χ1) is 10.7. The fraction of sp³-hybridized carbons (Fsp3) is 0.333. The molecule has 0 unspecified atom stereocenters. The normalized spacial score (nSPS) is 17.5. The summed E-state index contributed by atoms with van der Waals surface area (Å²) < 4.78 is 5.16. The molecule has 4 nitrogen and oxygen atoms in total. The Hall–Kier alpha value is -2.36. The van der Waals surface area contributed by atoms with E-state index in [4.69, 9.17) is 4.74 Å². The Morgan fingerprint density at radius 1 is 1.32 bits per heavy atom. The lowest BCUT2D eigenvalue weighted by Gasteiger charge is -2.26. The van der Waals surface area contributed by atoms with E-state index in [0.29, 0.717) is 5.88 Å². The van der Waals surface area contributed by atoms with Gasteiger partial charge in [0.1, 0.15) is 0 Å². The molecular weight excluding hydrogens is 276 g/mol. The number of rotatable bonds is 3. The molecule has 1 aromatic carbocycles. The summed E-state index contributed by atoms with van der Waals surface area (Å²) in [5.74, 6) is 0.707. The number of ether oxygens (including phenoxy) is 1. The Labute approximate surface area is 130 Å². The van der Waals surface area contributed by atoms with Crippen molar-refractivity contribution < 1.29 is 9.53 Å². The zero-order valence-corrected chi connectivity index (χ0v) is 13.0. The van der Waals surface area contributed by atoms with Crippen LogP contribution in [0.25, 0.3) is 0 Å². The summed E-state index contributed by atoms with van der Waals surface area (Å²) in [5.41, 5.74) is 2.97. The van der Waals surface area contributed by atoms with Crippen LogP contribution in [0.3, 0.4) is 0 Å². The predicted octanol–water partition coefficient (Wildman–Crippen LogP) is 3.38. The molecule has 3 rings (SSSR count). The number of methoxy groups -OCH3 is 1. The molecule has 0 radical (unpaired) electrons. The van der Waals surface area contributed by atoms with Crippen LogP contribution in [0.1, 0.15) is 40.4 Å². The molecule has 1 fully saturated rings. The monoisotopic (exact) mass is 296 g/mol. The van der Waals surface area contributed by atoms with Crippen LogP contribution in [0, 0.1) is 6.92 Å². The molecule has 1 atom stereocenters. The van der Waals surface area contributed by atoms with Crippen molar-refractivity contribution in [3.8, 4) is 5.88 Å². The molecule has 0 saturated carbocycles. The van der Waals surface area contributed by atoms with Gasteiger partial charge in [-0.15, -0.1) is 0 Å². The van der Waals surface area contributed by atoms with E-state index >= 15 is 0 Å². The average Bonchev–Trinajstić information content (AvgIpc) is 3.04. The summed E-state index contributed by atoms with van der Waals surface area (Å²) in [6.45, 7) is 2.84. The molecular formula is C18H20N2O2. The molecule has 114 valence electrons. The van der Waals surface area contributed by atoms with Gasteiger partial charge < -0.3 is 9.64 Å². The van der Waals surface area contributed by atoms with Crippen molar-refractivity contribution in [1.82, 2.24) is 9.88 Å². The van der Waals surface area contributed by atoms with Crippen molar-refractivity contribution in [2.45, 2.75) is 25.8 Å². The maximum atomic E-state index is 12.7. The number of aryl methyl sites for hydroxylation is 1. The summed E-state index contributed by atoms with van der Waals surface area (Å²) in [7, 11) is 1.61. The molecule has 0 N–H and O–H groups in total. The van der Waals surface area contributed by atoms with Crippen molar-refractivity contribution in [3.05, 3.63) is 59.3 Å². The highest BCUT2D eigenvalue weighted by atomic mass is 16.5. The topological polar surface area (TPSA) is 42.4 Å². The van der Waals surface area contributed by atoms with Crippen molar-refractivity contribution in [2.24, 2.45) is 0 Å². The lowest BCUT2D eigenvalue weighted by Crippen LogP contribution is -2.30. The first kappa shape index (κ1) is 14.6. The SMILES string of the molecule is COc1cc(C)c([C@@H]2CCCN2C(=O)c2ccccc2)cn1. The minimum absolute atomic E-state index is 0.0957.